The monoisotopic (exact) mass is 216 g/mol. The molecule has 0 radical (unpaired) electrons. The van der Waals surface area contributed by atoms with Crippen molar-refractivity contribution in [3.8, 4) is 0 Å². The van der Waals surface area contributed by atoms with Gasteiger partial charge in [0, 0.05) is 6.42 Å². The maximum Gasteiger partial charge on any atom is 0.169 e. The fraction of sp³-hybridized carbons (Fsp3) is 0.500. The first kappa shape index (κ1) is 7.37. The van der Waals surface area contributed by atoms with Crippen LogP contribution in [0.25, 0.3) is 0 Å². The molecule has 1 aliphatic rings. The van der Waals surface area contributed by atoms with E-state index in [0.29, 0.717) is 6.42 Å². The Bertz CT molecular complexity index is 263. The smallest absolute Gasteiger partial charge is 0.169 e. The molecule has 0 saturated heterocycles. The highest BCUT2D eigenvalue weighted by molar-refractivity contribution is 9.10. The molecule has 1 N–H and O–H groups in total. The van der Waals surface area contributed by atoms with Gasteiger partial charge in [0.05, 0.1) is 5.60 Å². The number of hydrogen-bond donors (Lipinski definition) is 1. The van der Waals surface area contributed by atoms with Crippen LogP contribution >= 0.6 is 15.9 Å². The molecule has 3 heteroatoms. The lowest BCUT2D eigenvalue weighted by atomic mass is 10.2. The van der Waals surface area contributed by atoms with Crippen LogP contribution in [-0.2, 0) is 6.42 Å². The van der Waals surface area contributed by atoms with Crippen molar-refractivity contribution in [2.45, 2.75) is 24.9 Å². The molecule has 2 rings (SSSR count). The van der Waals surface area contributed by atoms with E-state index in [9.17, 15) is 5.11 Å². The molecule has 0 atom stereocenters. The Morgan fingerprint density at radius 3 is 2.73 bits per heavy atom. The van der Waals surface area contributed by atoms with Gasteiger partial charge in [-0.2, -0.15) is 0 Å². The van der Waals surface area contributed by atoms with Gasteiger partial charge in [0.1, 0.15) is 5.76 Å². The standard InChI is InChI=1S/C8H9BrO2/c9-7-2-1-6(11-7)5-8(10)3-4-8/h1-2,10H,3-5H2. The van der Waals surface area contributed by atoms with Crippen LogP contribution < -0.4 is 0 Å². The average molecular weight is 217 g/mol. The van der Waals surface area contributed by atoms with Crippen LogP contribution in [0.1, 0.15) is 18.6 Å². The minimum absolute atomic E-state index is 0.447. The second-order valence-electron chi connectivity index (χ2n) is 3.11. The maximum atomic E-state index is 9.52. The summed E-state index contributed by atoms with van der Waals surface area (Å²) in [6, 6.07) is 3.74. The van der Waals surface area contributed by atoms with Crippen LogP contribution in [0.15, 0.2) is 21.2 Å². The third kappa shape index (κ3) is 1.65. The van der Waals surface area contributed by atoms with E-state index in [1.807, 2.05) is 12.1 Å². The zero-order valence-corrected chi connectivity index (χ0v) is 7.60. The van der Waals surface area contributed by atoms with Gasteiger partial charge in [0.15, 0.2) is 4.67 Å². The van der Waals surface area contributed by atoms with Crippen LogP contribution in [0.3, 0.4) is 0 Å². The zero-order valence-electron chi connectivity index (χ0n) is 6.01. The van der Waals surface area contributed by atoms with E-state index in [4.69, 9.17) is 4.42 Å². The predicted molar refractivity (Wildman–Crippen MR) is 44.3 cm³/mol. The summed E-state index contributed by atoms with van der Waals surface area (Å²) < 4.78 is 5.99. The van der Waals surface area contributed by atoms with Crippen LogP contribution in [0.2, 0.25) is 0 Å². The van der Waals surface area contributed by atoms with Gasteiger partial charge in [-0.25, -0.2) is 0 Å². The molecular formula is C8H9BrO2. The molecule has 0 amide bonds. The van der Waals surface area contributed by atoms with Gasteiger partial charge in [-0.05, 0) is 40.9 Å². The normalized spacial score (nSPS) is 20.2. The van der Waals surface area contributed by atoms with E-state index >= 15 is 0 Å². The molecule has 1 heterocycles. The summed E-state index contributed by atoms with van der Waals surface area (Å²) in [6.07, 6.45) is 2.47. The Labute approximate surface area is 73.3 Å². The van der Waals surface area contributed by atoms with Crippen molar-refractivity contribution < 1.29 is 9.52 Å². The lowest BCUT2D eigenvalue weighted by Gasteiger charge is -2.02. The topological polar surface area (TPSA) is 33.4 Å². The highest BCUT2D eigenvalue weighted by atomic mass is 79.9. The molecular weight excluding hydrogens is 208 g/mol. The minimum atomic E-state index is -0.447. The first-order valence-electron chi connectivity index (χ1n) is 3.65. The number of furan rings is 1. The molecule has 0 aliphatic heterocycles. The van der Waals surface area contributed by atoms with Crippen molar-refractivity contribution in [3.05, 3.63) is 22.6 Å². The SMILES string of the molecule is OC1(Cc2ccc(Br)o2)CC1. The van der Waals surface area contributed by atoms with Gasteiger partial charge in [-0.15, -0.1) is 0 Å². The van der Waals surface area contributed by atoms with Gasteiger partial charge >= 0.3 is 0 Å². The van der Waals surface area contributed by atoms with Gasteiger partial charge < -0.3 is 9.52 Å². The number of rotatable bonds is 2. The van der Waals surface area contributed by atoms with Crippen LogP contribution in [0.5, 0.6) is 0 Å². The van der Waals surface area contributed by atoms with E-state index in [0.717, 1.165) is 23.3 Å². The van der Waals surface area contributed by atoms with Gasteiger partial charge in [-0.3, -0.25) is 0 Å². The first-order chi connectivity index (χ1) is 5.18. The number of halogens is 1. The third-order valence-electron chi connectivity index (χ3n) is 1.96. The van der Waals surface area contributed by atoms with E-state index in [2.05, 4.69) is 15.9 Å². The molecule has 0 unspecified atom stereocenters. The van der Waals surface area contributed by atoms with E-state index in [1.165, 1.54) is 0 Å². The highest BCUT2D eigenvalue weighted by Gasteiger charge is 2.41. The van der Waals surface area contributed by atoms with E-state index in [-0.39, 0.29) is 0 Å². The molecule has 60 valence electrons. The molecule has 0 spiro atoms. The summed E-state index contributed by atoms with van der Waals surface area (Å²) in [5, 5.41) is 9.52. The second kappa shape index (κ2) is 2.35. The fourth-order valence-electron chi connectivity index (χ4n) is 1.09. The molecule has 1 aromatic rings. The summed E-state index contributed by atoms with van der Waals surface area (Å²) in [5.74, 6) is 0.858. The first-order valence-corrected chi connectivity index (χ1v) is 4.44. The third-order valence-corrected chi connectivity index (χ3v) is 2.39. The summed E-state index contributed by atoms with van der Waals surface area (Å²) in [5.41, 5.74) is -0.447. The van der Waals surface area contributed by atoms with Crippen LogP contribution in [-0.4, -0.2) is 10.7 Å². The van der Waals surface area contributed by atoms with Crippen molar-refractivity contribution in [3.63, 3.8) is 0 Å². The van der Waals surface area contributed by atoms with Crippen molar-refractivity contribution in [2.75, 3.05) is 0 Å². The largest absolute Gasteiger partial charge is 0.454 e. The Morgan fingerprint density at radius 2 is 2.27 bits per heavy atom. The second-order valence-corrected chi connectivity index (χ2v) is 3.89. The quantitative estimate of drug-likeness (QED) is 0.822. The predicted octanol–water partition coefficient (Wildman–Crippen LogP) is 2.11. The van der Waals surface area contributed by atoms with Crippen molar-refractivity contribution in [1.82, 2.24) is 0 Å². The number of hydrogen-bond acceptors (Lipinski definition) is 2. The van der Waals surface area contributed by atoms with Crippen molar-refractivity contribution in [1.29, 1.82) is 0 Å². The summed E-state index contributed by atoms with van der Waals surface area (Å²) in [6.45, 7) is 0. The molecule has 1 aliphatic carbocycles. The Hall–Kier alpha value is -0.280. The Balaban J connectivity index is 2.06. The maximum absolute atomic E-state index is 9.52. The Morgan fingerprint density at radius 1 is 1.55 bits per heavy atom. The highest BCUT2D eigenvalue weighted by Crippen LogP contribution is 2.38. The molecule has 2 nitrogen and oxygen atoms in total. The molecule has 1 saturated carbocycles. The summed E-state index contributed by atoms with van der Waals surface area (Å²) >= 11 is 3.21. The lowest BCUT2D eigenvalue weighted by molar-refractivity contribution is 0.143. The van der Waals surface area contributed by atoms with Gasteiger partial charge in [-0.1, -0.05) is 0 Å². The molecule has 1 aromatic heterocycles. The van der Waals surface area contributed by atoms with E-state index in [1.54, 1.807) is 0 Å². The number of aliphatic hydroxyl groups is 1. The Kier molecular flexibility index (Phi) is 1.58. The van der Waals surface area contributed by atoms with Gasteiger partial charge in [0.2, 0.25) is 0 Å². The van der Waals surface area contributed by atoms with Crippen molar-refractivity contribution in [2.24, 2.45) is 0 Å². The van der Waals surface area contributed by atoms with Crippen molar-refractivity contribution >= 4 is 15.9 Å². The molecule has 11 heavy (non-hydrogen) atoms. The van der Waals surface area contributed by atoms with Gasteiger partial charge in [0.25, 0.3) is 0 Å². The molecule has 0 bridgehead atoms. The van der Waals surface area contributed by atoms with Crippen LogP contribution in [0.4, 0.5) is 0 Å². The summed E-state index contributed by atoms with van der Waals surface area (Å²) in [7, 11) is 0. The molecule has 1 fully saturated rings. The van der Waals surface area contributed by atoms with E-state index < -0.39 is 5.60 Å². The zero-order chi connectivity index (χ0) is 7.90. The average Bonchev–Trinajstić information content (AvgIpc) is 2.49. The minimum Gasteiger partial charge on any atom is -0.454 e. The molecule has 0 aromatic carbocycles. The fourth-order valence-corrected chi connectivity index (χ4v) is 1.43. The lowest BCUT2D eigenvalue weighted by Crippen LogP contribution is -2.09. The summed E-state index contributed by atoms with van der Waals surface area (Å²) in [4.78, 5) is 0. The van der Waals surface area contributed by atoms with Crippen LogP contribution in [0, 0.1) is 0 Å².